The summed E-state index contributed by atoms with van der Waals surface area (Å²) in [6.07, 6.45) is 1.49. The maximum Gasteiger partial charge on any atom is 0.232 e. The van der Waals surface area contributed by atoms with Crippen LogP contribution in [0.1, 0.15) is 12.5 Å². The molecule has 0 unspecified atom stereocenters. The Hall–Kier alpha value is -2.08. The molecule has 106 valence electrons. The van der Waals surface area contributed by atoms with Crippen molar-refractivity contribution in [3.63, 3.8) is 0 Å². The number of sulfonamides is 1. The van der Waals surface area contributed by atoms with E-state index in [9.17, 15) is 8.42 Å². The van der Waals surface area contributed by atoms with Crippen LogP contribution in [0.4, 0.5) is 17.2 Å². The van der Waals surface area contributed by atoms with Gasteiger partial charge in [0.15, 0.2) is 0 Å². The summed E-state index contributed by atoms with van der Waals surface area (Å²) in [4.78, 5) is 4.18. The molecule has 0 aliphatic carbocycles. The van der Waals surface area contributed by atoms with Crippen LogP contribution < -0.4 is 10.0 Å². The van der Waals surface area contributed by atoms with E-state index in [1.807, 2.05) is 31.2 Å². The van der Waals surface area contributed by atoms with Crippen LogP contribution in [0.5, 0.6) is 0 Å². The molecule has 0 aliphatic heterocycles. The first-order valence-electron chi connectivity index (χ1n) is 6.29. The van der Waals surface area contributed by atoms with Crippen LogP contribution in [0.2, 0.25) is 0 Å². The fourth-order valence-electron chi connectivity index (χ4n) is 1.65. The van der Waals surface area contributed by atoms with Crippen molar-refractivity contribution < 1.29 is 8.42 Å². The van der Waals surface area contributed by atoms with Crippen LogP contribution in [-0.2, 0) is 10.0 Å². The number of aryl methyl sites for hydroxylation is 1. The summed E-state index contributed by atoms with van der Waals surface area (Å²) in [5, 5.41) is 3.16. The van der Waals surface area contributed by atoms with Crippen molar-refractivity contribution in [2.75, 3.05) is 15.8 Å². The molecular formula is C14H17N3O2S. The minimum atomic E-state index is -3.26. The van der Waals surface area contributed by atoms with Gasteiger partial charge in [0, 0.05) is 5.69 Å². The van der Waals surface area contributed by atoms with E-state index in [1.165, 1.54) is 6.20 Å². The third-order valence-corrected chi connectivity index (χ3v) is 4.01. The zero-order valence-corrected chi connectivity index (χ0v) is 12.2. The molecule has 5 nitrogen and oxygen atoms in total. The Labute approximate surface area is 119 Å². The monoisotopic (exact) mass is 291 g/mol. The van der Waals surface area contributed by atoms with Crippen molar-refractivity contribution >= 4 is 27.2 Å². The van der Waals surface area contributed by atoms with Crippen molar-refractivity contribution in [1.82, 2.24) is 4.98 Å². The molecule has 2 N–H and O–H groups in total. The molecule has 0 spiro atoms. The molecular weight excluding hydrogens is 274 g/mol. The Morgan fingerprint density at radius 2 is 1.95 bits per heavy atom. The van der Waals surface area contributed by atoms with Gasteiger partial charge in [-0.1, -0.05) is 12.1 Å². The summed E-state index contributed by atoms with van der Waals surface area (Å²) in [7, 11) is -3.26. The molecule has 1 heterocycles. The Balaban J connectivity index is 2.09. The number of nitrogens with one attached hydrogen (secondary N) is 2. The van der Waals surface area contributed by atoms with Crippen LogP contribution in [0, 0.1) is 6.92 Å². The molecule has 0 saturated carbocycles. The van der Waals surface area contributed by atoms with Gasteiger partial charge >= 0.3 is 0 Å². The third-order valence-electron chi connectivity index (χ3n) is 2.71. The smallest absolute Gasteiger partial charge is 0.232 e. The maximum absolute atomic E-state index is 11.4. The van der Waals surface area contributed by atoms with Gasteiger partial charge in [0.05, 0.1) is 17.6 Å². The predicted octanol–water partition coefficient (Wildman–Crippen LogP) is 2.90. The molecule has 0 saturated heterocycles. The summed E-state index contributed by atoms with van der Waals surface area (Å²) >= 11 is 0. The highest BCUT2D eigenvalue weighted by Gasteiger charge is 2.06. The molecule has 2 rings (SSSR count). The zero-order chi connectivity index (χ0) is 14.6. The Bertz CT molecular complexity index is 682. The van der Waals surface area contributed by atoms with Crippen LogP contribution in [0.15, 0.2) is 42.6 Å². The SMILES string of the molecule is CCS(=O)(=O)Nc1ccc(Nc2cccc(C)c2)nc1. The van der Waals surface area contributed by atoms with Gasteiger partial charge in [-0.05, 0) is 43.7 Å². The zero-order valence-electron chi connectivity index (χ0n) is 11.4. The van der Waals surface area contributed by atoms with Gasteiger partial charge in [0.1, 0.15) is 5.82 Å². The molecule has 2 aromatic rings. The van der Waals surface area contributed by atoms with Crippen molar-refractivity contribution in [2.24, 2.45) is 0 Å². The van der Waals surface area contributed by atoms with Gasteiger partial charge in [-0.2, -0.15) is 0 Å². The fourth-order valence-corrected chi connectivity index (χ4v) is 2.27. The lowest BCUT2D eigenvalue weighted by Crippen LogP contribution is -2.14. The number of rotatable bonds is 5. The van der Waals surface area contributed by atoms with Crippen LogP contribution in [0.3, 0.4) is 0 Å². The standard InChI is InChI=1S/C14H17N3O2S/c1-3-20(18,19)17-13-7-8-14(15-10-13)16-12-6-4-5-11(2)9-12/h4-10,17H,3H2,1-2H3,(H,15,16). The number of anilines is 3. The summed E-state index contributed by atoms with van der Waals surface area (Å²) in [5.74, 6) is 0.700. The van der Waals surface area contributed by atoms with E-state index in [0.717, 1.165) is 11.3 Å². The lowest BCUT2D eigenvalue weighted by atomic mass is 10.2. The molecule has 0 radical (unpaired) electrons. The summed E-state index contributed by atoms with van der Waals surface area (Å²) in [6, 6.07) is 11.3. The van der Waals surface area contributed by atoms with Crippen molar-refractivity contribution in [2.45, 2.75) is 13.8 Å². The summed E-state index contributed by atoms with van der Waals surface area (Å²) in [5.41, 5.74) is 2.56. The number of hydrogen-bond acceptors (Lipinski definition) is 4. The number of hydrogen-bond donors (Lipinski definition) is 2. The highest BCUT2D eigenvalue weighted by atomic mass is 32.2. The Kier molecular flexibility index (Phi) is 4.24. The molecule has 0 bridgehead atoms. The maximum atomic E-state index is 11.4. The largest absolute Gasteiger partial charge is 0.340 e. The van der Waals surface area contributed by atoms with Gasteiger partial charge in [-0.15, -0.1) is 0 Å². The van der Waals surface area contributed by atoms with Crippen molar-refractivity contribution in [3.05, 3.63) is 48.2 Å². The lowest BCUT2D eigenvalue weighted by Gasteiger charge is -2.08. The molecule has 0 fully saturated rings. The molecule has 20 heavy (non-hydrogen) atoms. The highest BCUT2D eigenvalue weighted by Crippen LogP contribution is 2.17. The van der Waals surface area contributed by atoms with Crippen LogP contribution in [-0.4, -0.2) is 19.2 Å². The van der Waals surface area contributed by atoms with Gasteiger partial charge in [-0.25, -0.2) is 13.4 Å². The first-order chi connectivity index (χ1) is 9.48. The fraction of sp³-hybridized carbons (Fsp3) is 0.214. The first-order valence-corrected chi connectivity index (χ1v) is 7.94. The van der Waals surface area contributed by atoms with Crippen LogP contribution in [0.25, 0.3) is 0 Å². The first kappa shape index (κ1) is 14.3. The van der Waals surface area contributed by atoms with E-state index in [4.69, 9.17) is 0 Å². The van der Waals surface area contributed by atoms with E-state index >= 15 is 0 Å². The summed E-state index contributed by atoms with van der Waals surface area (Å²) in [6.45, 7) is 3.60. The molecule has 0 atom stereocenters. The van der Waals surface area contributed by atoms with Crippen molar-refractivity contribution in [3.8, 4) is 0 Å². The Morgan fingerprint density at radius 3 is 2.55 bits per heavy atom. The normalized spacial score (nSPS) is 11.1. The number of pyridine rings is 1. The summed E-state index contributed by atoms with van der Waals surface area (Å²) < 4.78 is 25.3. The molecule has 1 aromatic heterocycles. The average Bonchev–Trinajstić information content (AvgIpc) is 2.41. The van der Waals surface area contributed by atoms with Gasteiger partial charge in [0.2, 0.25) is 10.0 Å². The quantitative estimate of drug-likeness (QED) is 0.888. The van der Waals surface area contributed by atoms with E-state index in [-0.39, 0.29) is 5.75 Å². The van der Waals surface area contributed by atoms with E-state index in [2.05, 4.69) is 15.0 Å². The number of aromatic nitrogens is 1. The van der Waals surface area contributed by atoms with Gasteiger partial charge in [-0.3, -0.25) is 4.72 Å². The van der Waals surface area contributed by atoms with E-state index in [0.29, 0.717) is 11.5 Å². The molecule has 6 heteroatoms. The molecule has 1 aromatic carbocycles. The van der Waals surface area contributed by atoms with Gasteiger partial charge in [0.25, 0.3) is 0 Å². The lowest BCUT2D eigenvalue weighted by molar-refractivity contribution is 0.602. The topological polar surface area (TPSA) is 71.1 Å². The second-order valence-corrected chi connectivity index (χ2v) is 6.44. The average molecular weight is 291 g/mol. The van der Waals surface area contributed by atoms with E-state index < -0.39 is 10.0 Å². The minimum Gasteiger partial charge on any atom is -0.340 e. The highest BCUT2D eigenvalue weighted by molar-refractivity contribution is 7.92. The minimum absolute atomic E-state index is 0.0380. The van der Waals surface area contributed by atoms with Gasteiger partial charge < -0.3 is 5.32 Å². The second-order valence-electron chi connectivity index (χ2n) is 4.43. The molecule has 0 amide bonds. The van der Waals surface area contributed by atoms with Crippen molar-refractivity contribution in [1.29, 1.82) is 0 Å². The third kappa shape index (κ3) is 3.96. The van der Waals surface area contributed by atoms with Crippen LogP contribution >= 0.6 is 0 Å². The molecule has 0 aliphatic rings. The number of nitrogens with zero attached hydrogens (tertiary/aromatic N) is 1. The predicted molar refractivity (Wildman–Crippen MR) is 81.8 cm³/mol. The second kappa shape index (κ2) is 5.92. The van der Waals surface area contributed by atoms with E-state index in [1.54, 1.807) is 19.1 Å². The Morgan fingerprint density at radius 1 is 1.15 bits per heavy atom. The number of benzene rings is 1.